The lowest BCUT2D eigenvalue weighted by atomic mass is 10.0. The molecule has 1 heterocycles. The molecule has 164 valence electrons. The summed E-state index contributed by atoms with van der Waals surface area (Å²) in [5.41, 5.74) is 4.70. The normalized spacial score (nSPS) is 15.1. The Kier molecular flexibility index (Phi) is 6.21. The van der Waals surface area contributed by atoms with Crippen LogP contribution in [0.15, 0.2) is 36.4 Å². The Labute approximate surface area is 190 Å². The topological polar surface area (TPSA) is 99.3 Å². The average Bonchev–Trinajstić information content (AvgIpc) is 3.40. The fraction of sp³-hybridized carbons (Fsp3) is 0.333. The number of nitrogens with zero attached hydrogens (tertiary/aromatic N) is 4. The average molecular weight is 449 g/mol. The molecule has 8 heteroatoms. The van der Waals surface area contributed by atoms with Gasteiger partial charge >= 0.3 is 5.97 Å². The quantitative estimate of drug-likeness (QED) is 0.567. The van der Waals surface area contributed by atoms with Crippen LogP contribution in [0.4, 0.5) is 0 Å². The van der Waals surface area contributed by atoms with Crippen LogP contribution in [0.1, 0.15) is 43.0 Å². The van der Waals surface area contributed by atoms with Gasteiger partial charge in [0.15, 0.2) is 0 Å². The Morgan fingerprint density at radius 1 is 1.31 bits per heavy atom. The number of nitriles is 1. The minimum atomic E-state index is -0.826. The molecule has 4 rings (SSSR count). The van der Waals surface area contributed by atoms with E-state index in [1.165, 1.54) is 16.9 Å². The molecule has 1 aliphatic rings. The van der Waals surface area contributed by atoms with Gasteiger partial charge in [0.1, 0.15) is 21.8 Å². The number of likely N-dealkylation sites (N-methyl/N-ethyl adjacent to an activating group) is 1. The van der Waals surface area contributed by atoms with Crippen molar-refractivity contribution in [3.8, 4) is 33.0 Å². The third-order valence-electron chi connectivity index (χ3n) is 5.52. The van der Waals surface area contributed by atoms with Crippen LogP contribution in [0.25, 0.3) is 21.1 Å². The van der Waals surface area contributed by atoms with Crippen LogP contribution in [0.3, 0.4) is 0 Å². The van der Waals surface area contributed by atoms with Crippen molar-refractivity contribution >= 4 is 17.3 Å². The van der Waals surface area contributed by atoms with Crippen LogP contribution < -0.4 is 4.74 Å². The Morgan fingerprint density at radius 3 is 2.81 bits per heavy atom. The second kappa shape index (κ2) is 9.07. The SMILES string of the molecule is CC(C)Oc1ccc(-c2nnc(-c3cccc4c3CCC4N(C)CC(=O)O)s2)cc1C#N. The third kappa shape index (κ3) is 4.35. The number of hydrogen-bond donors (Lipinski definition) is 1. The van der Waals surface area contributed by atoms with Gasteiger partial charge in [-0.1, -0.05) is 29.5 Å². The summed E-state index contributed by atoms with van der Waals surface area (Å²) in [6, 6.07) is 13.9. The van der Waals surface area contributed by atoms with Crippen LogP contribution in [-0.4, -0.2) is 45.9 Å². The first kappa shape index (κ1) is 21.9. The van der Waals surface area contributed by atoms with Gasteiger partial charge in [-0.05, 0) is 63.1 Å². The zero-order valence-electron chi connectivity index (χ0n) is 18.2. The van der Waals surface area contributed by atoms with Gasteiger partial charge in [0.2, 0.25) is 0 Å². The number of aliphatic carboxylic acids is 1. The van der Waals surface area contributed by atoms with Gasteiger partial charge < -0.3 is 9.84 Å². The molecule has 0 saturated carbocycles. The van der Waals surface area contributed by atoms with Crippen molar-refractivity contribution in [3.05, 3.63) is 53.1 Å². The molecule has 1 N–H and O–H groups in total. The van der Waals surface area contributed by atoms with Gasteiger partial charge in [0.25, 0.3) is 0 Å². The maximum absolute atomic E-state index is 11.1. The Bertz CT molecular complexity index is 1200. The number of hydrogen-bond acceptors (Lipinski definition) is 7. The van der Waals surface area contributed by atoms with Crippen molar-refractivity contribution in [2.75, 3.05) is 13.6 Å². The largest absolute Gasteiger partial charge is 0.490 e. The Balaban J connectivity index is 1.64. The van der Waals surface area contributed by atoms with Crippen molar-refractivity contribution in [1.82, 2.24) is 15.1 Å². The molecule has 0 spiro atoms. The number of benzene rings is 2. The standard InChI is InChI=1S/C24H24N4O3S/c1-14(2)31-21-10-7-15(11-16(21)12-25)23-26-27-24(32-23)19-6-4-5-18-17(19)8-9-20(18)28(3)13-22(29)30/h4-7,10-11,14,20H,8-9,13H2,1-3H3,(H,29,30). The molecule has 0 saturated heterocycles. The number of carbonyl (C=O) groups is 1. The summed E-state index contributed by atoms with van der Waals surface area (Å²) in [7, 11) is 1.85. The molecule has 2 aromatic carbocycles. The number of rotatable bonds is 7. The van der Waals surface area contributed by atoms with Crippen LogP contribution >= 0.6 is 11.3 Å². The van der Waals surface area contributed by atoms with Gasteiger partial charge in [-0.15, -0.1) is 10.2 Å². The molecule has 1 aromatic heterocycles. The van der Waals surface area contributed by atoms with Crippen LogP contribution in [-0.2, 0) is 11.2 Å². The summed E-state index contributed by atoms with van der Waals surface area (Å²) < 4.78 is 5.71. The molecule has 1 unspecified atom stereocenters. The zero-order chi connectivity index (χ0) is 22.8. The molecule has 0 fully saturated rings. The highest BCUT2D eigenvalue weighted by atomic mass is 32.1. The predicted molar refractivity (Wildman–Crippen MR) is 123 cm³/mol. The van der Waals surface area contributed by atoms with Gasteiger partial charge in [-0.3, -0.25) is 9.69 Å². The van der Waals surface area contributed by atoms with Gasteiger partial charge in [-0.25, -0.2) is 0 Å². The molecule has 3 aromatic rings. The number of ether oxygens (including phenoxy) is 1. The summed E-state index contributed by atoms with van der Waals surface area (Å²) in [5.74, 6) is -0.263. The molecule has 7 nitrogen and oxygen atoms in total. The first-order valence-electron chi connectivity index (χ1n) is 10.5. The lowest BCUT2D eigenvalue weighted by molar-refractivity contribution is -0.138. The van der Waals surface area contributed by atoms with Crippen molar-refractivity contribution in [2.24, 2.45) is 0 Å². The zero-order valence-corrected chi connectivity index (χ0v) is 19.0. The molecule has 0 aliphatic heterocycles. The van der Waals surface area contributed by atoms with Crippen molar-refractivity contribution in [3.63, 3.8) is 0 Å². The Hall–Kier alpha value is -3.28. The number of carboxylic acid groups (broad SMARTS) is 1. The van der Waals surface area contributed by atoms with E-state index < -0.39 is 5.97 Å². The van der Waals surface area contributed by atoms with Crippen LogP contribution in [0, 0.1) is 11.3 Å². The van der Waals surface area contributed by atoms with Gasteiger partial charge in [-0.2, -0.15) is 5.26 Å². The van der Waals surface area contributed by atoms with E-state index >= 15 is 0 Å². The van der Waals surface area contributed by atoms with Crippen LogP contribution in [0.5, 0.6) is 5.75 Å². The van der Waals surface area contributed by atoms with E-state index in [0.29, 0.717) is 11.3 Å². The first-order chi connectivity index (χ1) is 15.4. The second-order valence-electron chi connectivity index (χ2n) is 8.14. The van der Waals surface area contributed by atoms with E-state index in [9.17, 15) is 10.1 Å². The summed E-state index contributed by atoms with van der Waals surface area (Å²) in [5, 5.41) is 29.0. The molecule has 0 radical (unpaired) electrons. The molecule has 0 amide bonds. The predicted octanol–water partition coefficient (Wildman–Crippen LogP) is 4.53. The summed E-state index contributed by atoms with van der Waals surface area (Å²) >= 11 is 1.48. The van der Waals surface area contributed by atoms with Gasteiger partial charge in [0.05, 0.1) is 18.2 Å². The lowest BCUT2D eigenvalue weighted by Gasteiger charge is -2.23. The van der Waals surface area contributed by atoms with Gasteiger partial charge in [0, 0.05) is 17.2 Å². The monoisotopic (exact) mass is 448 g/mol. The Morgan fingerprint density at radius 2 is 2.09 bits per heavy atom. The van der Waals surface area contributed by atoms with Crippen LogP contribution in [0.2, 0.25) is 0 Å². The second-order valence-corrected chi connectivity index (χ2v) is 9.12. The summed E-state index contributed by atoms with van der Waals surface area (Å²) in [4.78, 5) is 13.0. The van der Waals surface area contributed by atoms with Crippen molar-refractivity contribution < 1.29 is 14.6 Å². The molecule has 1 aliphatic carbocycles. The number of carboxylic acids is 1. The minimum absolute atomic E-state index is 0.00896. The lowest BCUT2D eigenvalue weighted by Crippen LogP contribution is -2.28. The van der Waals surface area contributed by atoms with E-state index in [1.807, 2.05) is 44.0 Å². The minimum Gasteiger partial charge on any atom is -0.490 e. The molecule has 0 bridgehead atoms. The van der Waals surface area contributed by atoms with Crippen molar-refractivity contribution in [1.29, 1.82) is 5.26 Å². The number of fused-ring (bicyclic) bond motifs is 1. The van der Waals surface area contributed by atoms with E-state index in [0.717, 1.165) is 39.5 Å². The third-order valence-corrected chi connectivity index (χ3v) is 6.53. The highest BCUT2D eigenvalue weighted by Gasteiger charge is 2.29. The highest BCUT2D eigenvalue weighted by Crippen LogP contribution is 2.42. The molecular weight excluding hydrogens is 424 g/mol. The van der Waals surface area contributed by atoms with E-state index in [-0.39, 0.29) is 18.7 Å². The van der Waals surface area contributed by atoms with E-state index in [1.54, 1.807) is 12.1 Å². The van der Waals surface area contributed by atoms with E-state index in [2.05, 4.69) is 22.3 Å². The van der Waals surface area contributed by atoms with Crippen molar-refractivity contribution in [2.45, 2.75) is 38.8 Å². The number of aromatic nitrogens is 2. The maximum Gasteiger partial charge on any atom is 0.317 e. The fourth-order valence-electron chi connectivity index (χ4n) is 4.17. The molecule has 1 atom stereocenters. The fourth-order valence-corrected chi connectivity index (χ4v) is 5.06. The first-order valence-corrected chi connectivity index (χ1v) is 11.3. The maximum atomic E-state index is 11.1. The molecule has 32 heavy (non-hydrogen) atoms. The molecular formula is C24H24N4O3S. The van der Waals surface area contributed by atoms with E-state index in [4.69, 9.17) is 9.84 Å². The highest BCUT2D eigenvalue weighted by molar-refractivity contribution is 7.17. The summed E-state index contributed by atoms with van der Waals surface area (Å²) in [6.07, 6.45) is 1.74. The summed E-state index contributed by atoms with van der Waals surface area (Å²) in [6.45, 7) is 3.86. The smallest absolute Gasteiger partial charge is 0.317 e.